The minimum Gasteiger partial charge on any atom is -0.253 e. The molecule has 1 aromatic heterocycles. The highest BCUT2D eigenvalue weighted by Crippen LogP contribution is 2.19. The fourth-order valence-electron chi connectivity index (χ4n) is 1.09. The van der Waals surface area contributed by atoms with Crippen molar-refractivity contribution in [2.45, 2.75) is 6.92 Å². The molecule has 12 heavy (non-hydrogen) atoms. The number of fused-ring (bicyclic) bond motifs is 1. The van der Waals surface area contributed by atoms with Crippen LogP contribution in [0.15, 0.2) is 28.9 Å². The fraction of sp³-hybridized carbons (Fsp3) is 0.111. The molecule has 1 heterocycles. The number of rotatable bonds is 0. The Kier molecular flexibility index (Phi) is 1.81. The maximum atomic E-state index is 4.37. The molecule has 0 aliphatic carbocycles. The van der Waals surface area contributed by atoms with E-state index in [2.05, 4.69) is 25.9 Å². The Morgan fingerprint density at radius 3 is 3.00 bits per heavy atom. The summed E-state index contributed by atoms with van der Waals surface area (Å²) in [5.41, 5.74) is 2.79. The predicted octanol–water partition coefficient (Wildman–Crippen LogP) is 2.70. The van der Waals surface area contributed by atoms with Crippen molar-refractivity contribution in [2.24, 2.45) is 0 Å². The standard InChI is InChI=1S/C9H7BrN2/c1-6-5-11-8-4-2-3-7(10)9(8)12-6/h2-5H,1H3. The molecular formula is C9H7BrN2. The average molecular weight is 223 g/mol. The first-order valence-electron chi connectivity index (χ1n) is 3.65. The molecule has 0 unspecified atom stereocenters. The van der Waals surface area contributed by atoms with E-state index >= 15 is 0 Å². The number of hydrogen-bond acceptors (Lipinski definition) is 2. The number of halogens is 1. The van der Waals surface area contributed by atoms with Gasteiger partial charge in [0, 0.05) is 10.7 Å². The Morgan fingerprint density at radius 2 is 2.17 bits per heavy atom. The molecule has 0 aliphatic heterocycles. The molecule has 0 fully saturated rings. The van der Waals surface area contributed by atoms with Crippen LogP contribution in [0.4, 0.5) is 0 Å². The summed E-state index contributed by atoms with van der Waals surface area (Å²) >= 11 is 3.43. The second kappa shape index (κ2) is 2.83. The number of hydrogen-bond donors (Lipinski definition) is 0. The molecule has 0 aliphatic rings. The van der Waals surface area contributed by atoms with E-state index in [1.165, 1.54) is 0 Å². The third-order valence-corrected chi connectivity index (χ3v) is 2.28. The molecule has 0 radical (unpaired) electrons. The molecule has 0 saturated heterocycles. The van der Waals surface area contributed by atoms with Crippen molar-refractivity contribution >= 4 is 27.0 Å². The maximum Gasteiger partial charge on any atom is 0.103 e. The SMILES string of the molecule is Cc1cnc2cccc(Br)c2n1. The van der Waals surface area contributed by atoms with Gasteiger partial charge in [-0.1, -0.05) is 6.07 Å². The van der Waals surface area contributed by atoms with Gasteiger partial charge in [-0.05, 0) is 35.0 Å². The predicted molar refractivity (Wildman–Crippen MR) is 52.0 cm³/mol. The Balaban J connectivity index is 2.88. The summed E-state index contributed by atoms with van der Waals surface area (Å²) in [7, 11) is 0. The minimum atomic E-state index is 0.926. The summed E-state index contributed by atoms with van der Waals surface area (Å²) in [6.07, 6.45) is 1.77. The van der Waals surface area contributed by atoms with Crippen LogP contribution in [0.25, 0.3) is 11.0 Å². The monoisotopic (exact) mass is 222 g/mol. The Labute approximate surface area is 78.8 Å². The molecule has 2 nitrogen and oxygen atoms in total. The van der Waals surface area contributed by atoms with E-state index in [9.17, 15) is 0 Å². The summed E-state index contributed by atoms with van der Waals surface area (Å²) < 4.78 is 0.996. The van der Waals surface area contributed by atoms with E-state index in [0.29, 0.717) is 0 Å². The Hall–Kier alpha value is -0.960. The van der Waals surface area contributed by atoms with Gasteiger partial charge in [0.2, 0.25) is 0 Å². The molecule has 0 spiro atoms. The van der Waals surface area contributed by atoms with Gasteiger partial charge in [-0.2, -0.15) is 0 Å². The summed E-state index contributed by atoms with van der Waals surface area (Å²) in [5, 5.41) is 0. The molecule has 2 rings (SSSR count). The van der Waals surface area contributed by atoms with Crippen LogP contribution < -0.4 is 0 Å². The zero-order valence-corrected chi connectivity index (χ0v) is 8.17. The zero-order valence-electron chi connectivity index (χ0n) is 6.58. The van der Waals surface area contributed by atoms with E-state index in [0.717, 1.165) is 21.2 Å². The molecule has 60 valence electrons. The quantitative estimate of drug-likeness (QED) is 0.686. The average Bonchev–Trinajstić information content (AvgIpc) is 2.07. The first-order valence-corrected chi connectivity index (χ1v) is 4.44. The van der Waals surface area contributed by atoms with Crippen molar-refractivity contribution in [3.63, 3.8) is 0 Å². The smallest absolute Gasteiger partial charge is 0.103 e. The van der Waals surface area contributed by atoms with Gasteiger partial charge in [0.15, 0.2) is 0 Å². The number of para-hydroxylation sites is 1. The van der Waals surface area contributed by atoms with Crippen molar-refractivity contribution in [3.8, 4) is 0 Å². The largest absolute Gasteiger partial charge is 0.253 e. The topological polar surface area (TPSA) is 25.8 Å². The van der Waals surface area contributed by atoms with Crippen LogP contribution >= 0.6 is 15.9 Å². The van der Waals surface area contributed by atoms with Crippen LogP contribution in [0.5, 0.6) is 0 Å². The lowest BCUT2D eigenvalue weighted by molar-refractivity contribution is 1.18. The number of aryl methyl sites for hydroxylation is 1. The van der Waals surface area contributed by atoms with Crippen molar-refractivity contribution in [1.82, 2.24) is 9.97 Å². The van der Waals surface area contributed by atoms with E-state index in [1.54, 1.807) is 6.20 Å². The summed E-state index contributed by atoms with van der Waals surface area (Å²) in [6, 6.07) is 5.87. The van der Waals surface area contributed by atoms with E-state index in [1.807, 2.05) is 25.1 Å². The summed E-state index contributed by atoms with van der Waals surface area (Å²) in [4.78, 5) is 8.61. The number of benzene rings is 1. The molecule has 0 amide bonds. The van der Waals surface area contributed by atoms with E-state index in [4.69, 9.17) is 0 Å². The van der Waals surface area contributed by atoms with E-state index in [-0.39, 0.29) is 0 Å². The van der Waals surface area contributed by atoms with Crippen LogP contribution in [0, 0.1) is 6.92 Å². The Bertz CT molecular complexity index is 426. The molecule has 0 atom stereocenters. The lowest BCUT2D eigenvalue weighted by atomic mass is 10.3. The number of aromatic nitrogens is 2. The van der Waals surface area contributed by atoms with Crippen molar-refractivity contribution < 1.29 is 0 Å². The highest BCUT2D eigenvalue weighted by molar-refractivity contribution is 9.10. The summed E-state index contributed by atoms with van der Waals surface area (Å²) in [5.74, 6) is 0. The molecule has 3 heteroatoms. The second-order valence-electron chi connectivity index (χ2n) is 2.62. The second-order valence-corrected chi connectivity index (χ2v) is 3.47. The third-order valence-electron chi connectivity index (χ3n) is 1.64. The van der Waals surface area contributed by atoms with Gasteiger partial charge in [-0.15, -0.1) is 0 Å². The van der Waals surface area contributed by atoms with Crippen LogP contribution in [0.1, 0.15) is 5.69 Å². The van der Waals surface area contributed by atoms with Gasteiger partial charge in [0.1, 0.15) is 5.52 Å². The molecule has 1 aromatic carbocycles. The van der Waals surface area contributed by atoms with Crippen LogP contribution in [0.3, 0.4) is 0 Å². The lowest BCUT2D eigenvalue weighted by Gasteiger charge is -1.98. The third kappa shape index (κ3) is 1.20. The normalized spacial score (nSPS) is 10.5. The van der Waals surface area contributed by atoms with Crippen molar-refractivity contribution in [3.05, 3.63) is 34.6 Å². The van der Waals surface area contributed by atoms with Gasteiger partial charge < -0.3 is 0 Å². The molecule has 0 N–H and O–H groups in total. The van der Waals surface area contributed by atoms with Crippen LogP contribution in [-0.2, 0) is 0 Å². The van der Waals surface area contributed by atoms with Crippen molar-refractivity contribution in [2.75, 3.05) is 0 Å². The van der Waals surface area contributed by atoms with Crippen LogP contribution in [0.2, 0.25) is 0 Å². The van der Waals surface area contributed by atoms with Gasteiger partial charge >= 0.3 is 0 Å². The first kappa shape index (κ1) is 7.68. The van der Waals surface area contributed by atoms with Crippen LogP contribution in [-0.4, -0.2) is 9.97 Å². The first-order chi connectivity index (χ1) is 5.77. The molecule has 0 saturated carbocycles. The van der Waals surface area contributed by atoms with Gasteiger partial charge in [-0.25, -0.2) is 4.98 Å². The maximum absolute atomic E-state index is 4.37. The lowest BCUT2D eigenvalue weighted by Crippen LogP contribution is -1.87. The van der Waals surface area contributed by atoms with Gasteiger partial charge in [0.05, 0.1) is 11.2 Å². The van der Waals surface area contributed by atoms with Gasteiger partial charge in [0.25, 0.3) is 0 Å². The molecular weight excluding hydrogens is 216 g/mol. The summed E-state index contributed by atoms with van der Waals surface area (Å²) in [6.45, 7) is 1.94. The molecule has 0 bridgehead atoms. The van der Waals surface area contributed by atoms with Gasteiger partial charge in [-0.3, -0.25) is 4.98 Å². The fourth-order valence-corrected chi connectivity index (χ4v) is 1.53. The minimum absolute atomic E-state index is 0.926. The zero-order chi connectivity index (χ0) is 8.55. The van der Waals surface area contributed by atoms with E-state index < -0.39 is 0 Å². The number of nitrogens with zero attached hydrogens (tertiary/aromatic N) is 2. The Morgan fingerprint density at radius 1 is 1.33 bits per heavy atom. The highest BCUT2D eigenvalue weighted by atomic mass is 79.9. The van der Waals surface area contributed by atoms with Crippen molar-refractivity contribution in [1.29, 1.82) is 0 Å². The molecule has 2 aromatic rings. The highest BCUT2D eigenvalue weighted by Gasteiger charge is 1.99.